The Labute approximate surface area is 107 Å². The monoisotopic (exact) mass is 248 g/mol. The molecule has 1 aliphatic rings. The summed E-state index contributed by atoms with van der Waals surface area (Å²) in [6, 6.07) is 4.88. The van der Waals surface area contributed by atoms with Gasteiger partial charge in [-0.25, -0.2) is 4.79 Å². The second-order valence-electron chi connectivity index (χ2n) is 5.11. The van der Waals surface area contributed by atoms with Crippen molar-refractivity contribution in [1.29, 1.82) is 0 Å². The fourth-order valence-electron chi connectivity index (χ4n) is 2.69. The van der Waals surface area contributed by atoms with Crippen LogP contribution in [0, 0.1) is 5.92 Å². The van der Waals surface area contributed by atoms with E-state index in [1.54, 1.807) is 18.2 Å². The lowest BCUT2D eigenvalue weighted by atomic mass is 10.1. The molecule has 4 nitrogen and oxygen atoms in total. The van der Waals surface area contributed by atoms with Crippen LogP contribution in [0.15, 0.2) is 18.2 Å². The van der Waals surface area contributed by atoms with Gasteiger partial charge in [0.15, 0.2) is 0 Å². The smallest absolute Gasteiger partial charge is 0.335 e. The molecule has 98 valence electrons. The minimum Gasteiger partial charge on any atom is -0.478 e. The van der Waals surface area contributed by atoms with Crippen molar-refractivity contribution in [3.63, 3.8) is 0 Å². The summed E-state index contributed by atoms with van der Waals surface area (Å²) in [5.74, 6) is -0.201. The standard InChI is InChI=1S/C14H20N2O2/c1-16(9-10-4-2-3-5-10)13-8-11(14(17)18)6-7-12(13)15/h6-8,10H,2-5,9,15H2,1H3,(H,17,18). The van der Waals surface area contributed by atoms with Crippen LogP contribution in [0.5, 0.6) is 0 Å². The predicted molar refractivity (Wildman–Crippen MR) is 73.0 cm³/mol. The number of carboxylic acids is 1. The number of benzene rings is 1. The van der Waals surface area contributed by atoms with E-state index in [0.29, 0.717) is 11.6 Å². The van der Waals surface area contributed by atoms with E-state index in [4.69, 9.17) is 10.8 Å². The molecule has 1 saturated carbocycles. The molecule has 0 bridgehead atoms. The number of hydrogen-bond acceptors (Lipinski definition) is 3. The van der Waals surface area contributed by atoms with E-state index in [9.17, 15) is 4.79 Å². The summed E-state index contributed by atoms with van der Waals surface area (Å²) in [6.45, 7) is 0.952. The van der Waals surface area contributed by atoms with Gasteiger partial charge in [0.1, 0.15) is 0 Å². The number of nitrogens with zero attached hydrogens (tertiary/aromatic N) is 1. The van der Waals surface area contributed by atoms with E-state index in [1.807, 2.05) is 7.05 Å². The Balaban J connectivity index is 2.14. The SMILES string of the molecule is CN(CC1CCCC1)c1cc(C(=O)O)ccc1N. The molecular weight excluding hydrogens is 228 g/mol. The molecule has 2 rings (SSSR count). The van der Waals surface area contributed by atoms with Gasteiger partial charge >= 0.3 is 5.97 Å². The van der Waals surface area contributed by atoms with Gasteiger partial charge < -0.3 is 15.7 Å². The minimum atomic E-state index is -0.912. The molecule has 0 unspecified atom stereocenters. The van der Waals surface area contributed by atoms with Crippen LogP contribution in [-0.4, -0.2) is 24.7 Å². The van der Waals surface area contributed by atoms with Gasteiger partial charge in [0.2, 0.25) is 0 Å². The molecule has 0 heterocycles. The Morgan fingerprint density at radius 1 is 1.44 bits per heavy atom. The Kier molecular flexibility index (Phi) is 3.75. The maximum Gasteiger partial charge on any atom is 0.335 e. The van der Waals surface area contributed by atoms with E-state index in [1.165, 1.54) is 25.7 Å². The van der Waals surface area contributed by atoms with Crippen LogP contribution >= 0.6 is 0 Å². The topological polar surface area (TPSA) is 66.6 Å². The molecule has 1 aromatic carbocycles. The molecule has 0 amide bonds. The molecule has 0 aromatic heterocycles. The van der Waals surface area contributed by atoms with Gasteiger partial charge in [0.05, 0.1) is 16.9 Å². The van der Waals surface area contributed by atoms with Gasteiger partial charge in [-0.3, -0.25) is 0 Å². The quantitative estimate of drug-likeness (QED) is 0.804. The van der Waals surface area contributed by atoms with Crippen LogP contribution < -0.4 is 10.6 Å². The van der Waals surface area contributed by atoms with Gasteiger partial charge in [-0.2, -0.15) is 0 Å². The minimum absolute atomic E-state index is 0.289. The summed E-state index contributed by atoms with van der Waals surface area (Å²) in [6.07, 6.45) is 5.15. The second kappa shape index (κ2) is 5.29. The Morgan fingerprint density at radius 3 is 2.72 bits per heavy atom. The third-order valence-corrected chi connectivity index (χ3v) is 3.70. The molecule has 18 heavy (non-hydrogen) atoms. The highest BCUT2D eigenvalue weighted by molar-refractivity contribution is 5.90. The molecule has 0 saturated heterocycles. The first-order chi connectivity index (χ1) is 8.58. The average Bonchev–Trinajstić information content (AvgIpc) is 2.81. The van der Waals surface area contributed by atoms with Gasteiger partial charge in [-0.1, -0.05) is 12.8 Å². The van der Waals surface area contributed by atoms with Crippen LogP contribution in [0.2, 0.25) is 0 Å². The van der Waals surface area contributed by atoms with Crippen LogP contribution in [0.4, 0.5) is 11.4 Å². The van der Waals surface area contributed by atoms with Crippen LogP contribution in [0.3, 0.4) is 0 Å². The number of rotatable bonds is 4. The van der Waals surface area contributed by atoms with E-state index >= 15 is 0 Å². The summed E-state index contributed by atoms with van der Waals surface area (Å²) in [5.41, 5.74) is 7.68. The van der Waals surface area contributed by atoms with Gasteiger partial charge in [0, 0.05) is 13.6 Å². The zero-order valence-corrected chi connectivity index (χ0v) is 10.7. The van der Waals surface area contributed by atoms with E-state index in [0.717, 1.165) is 12.2 Å². The van der Waals surface area contributed by atoms with E-state index < -0.39 is 5.97 Å². The summed E-state index contributed by atoms with van der Waals surface area (Å²) in [5, 5.41) is 9.01. The van der Waals surface area contributed by atoms with Gasteiger partial charge in [-0.15, -0.1) is 0 Å². The molecule has 1 fully saturated rings. The average molecular weight is 248 g/mol. The first-order valence-corrected chi connectivity index (χ1v) is 6.42. The highest BCUT2D eigenvalue weighted by atomic mass is 16.4. The Morgan fingerprint density at radius 2 is 2.11 bits per heavy atom. The van der Waals surface area contributed by atoms with Crippen molar-refractivity contribution in [2.75, 3.05) is 24.2 Å². The zero-order valence-electron chi connectivity index (χ0n) is 10.7. The van der Waals surface area contributed by atoms with E-state index in [2.05, 4.69) is 4.90 Å². The number of nitrogens with two attached hydrogens (primary N) is 1. The number of carboxylic acid groups (broad SMARTS) is 1. The van der Waals surface area contributed by atoms with Crippen LogP contribution in [-0.2, 0) is 0 Å². The van der Waals surface area contributed by atoms with Crippen molar-refractivity contribution < 1.29 is 9.90 Å². The number of hydrogen-bond donors (Lipinski definition) is 2. The van der Waals surface area contributed by atoms with Crippen molar-refractivity contribution >= 4 is 17.3 Å². The Hall–Kier alpha value is -1.71. The third kappa shape index (κ3) is 2.75. The maximum absolute atomic E-state index is 11.0. The molecular formula is C14H20N2O2. The summed E-state index contributed by atoms with van der Waals surface area (Å²) in [7, 11) is 1.98. The first kappa shape index (κ1) is 12.7. The molecule has 1 aliphatic carbocycles. The molecule has 1 aromatic rings. The highest BCUT2D eigenvalue weighted by Gasteiger charge is 2.18. The third-order valence-electron chi connectivity index (χ3n) is 3.70. The number of nitrogen functional groups attached to an aromatic ring is 1. The maximum atomic E-state index is 11.0. The zero-order chi connectivity index (χ0) is 13.1. The van der Waals surface area contributed by atoms with Crippen molar-refractivity contribution in [2.24, 2.45) is 5.92 Å². The summed E-state index contributed by atoms with van der Waals surface area (Å²) < 4.78 is 0. The lowest BCUT2D eigenvalue weighted by Gasteiger charge is -2.24. The van der Waals surface area contributed by atoms with Crippen molar-refractivity contribution in [2.45, 2.75) is 25.7 Å². The lowest BCUT2D eigenvalue weighted by molar-refractivity contribution is 0.0697. The predicted octanol–water partition coefficient (Wildman–Crippen LogP) is 2.59. The number of carbonyl (C=O) groups is 1. The van der Waals surface area contributed by atoms with Gasteiger partial charge in [-0.05, 0) is 37.0 Å². The fourth-order valence-corrected chi connectivity index (χ4v) is 2.69. The normalized spacial score (nSPS) is 15.8. The molecule has 0 spiro atoms. The largest absolute Gasteiger partial charge is 0.478 e. The summed E-state index contributed by atoms with van der Waals surface area (Å²) >= 11 is 0. The van der Waals surface area contributed by atoms with Crippen molar-refractivity contribution in [3.05, 3.63) is 23.8 Å². The number of anilines is 2. The molecule has 3 N–H and O–H groups in total. The van der Waals surface area contributed by atoms with Gasteiger partial charge in [0.25, 0.3) is 0 Å². The molecule has 0 aliphatic heterocycles. The molecule has 0 radical (unpaired) electrons. The highest BCUT2D eigenvalue weighted by Crippen LogP contribution is 2.29. The molecule has 0 atom stereocenters. The first-order valence-electron chi connectivity index (χ1n) is 6.42. The van der Waals surface area contributed by atoms with Crippen molar-refractivity contribution in [3.8, 4) is 0 Å². The van der Waals surface area contributed by atoms with Crippen molar-refractivity contribution in [1.82, 2.24) is 0 Å². The Bertz CT molecular complexity index is 439. The molecule has 4 heteroatoms. The van der Waals surface area contributed by atoms with E-state index in [-0.39, 0.29) is 5.56 Å². The summed E-state index contributed by atoms with van der Waals surface area (Å²) in [4.78, 5) is 13.1. The fraction of sp³-hybridized carbons (Fsp3) is 0.500. The number of aromatic carboxylic acids is 1. The van der Waals surface area contributed by atoms with Crippen LogP contribution in [0.25, 0.3) is 0 Å². The van der Waals surface area contributed by atoms with Crippen LogP contribution in [0.1, 0.15) is 36.0 Å². The second-order valence-corrected chi connectivity index (χ2v) is 5.11. The lowest BCUT2D eigenvalue weighted by Crippen LogP contribution is -2.25.